The fraction of sp³-hybridized carbons (Fsp3) is 0.571. The summed E-state index contributed by atoms with van der Waals surface area (Å²) >= 11 is 0. The van der Waals surface area contributed by atoms with Gasteiger partial charge in [0.1, 0.15) is 5.75 Å². The van der Waals surface area contributed by atoms with Gasteiger partial charge in [0.25, 0.3) is 0 Å². The third kappa shape index (κ3) is 3.94. The van der Waals surface area contributed by atoms with Gasteiger partial charge in [0.15, 0.2) is 0 Å². The average Bonchev–Trinajstić information content (AvgIpc) is 3.39. The van der Waals surface area contributed by atoms with Crippen molar-refractivity contribution in [3.05, 3.63) is 47.5 Å². The van der Waals surface area contributed by atoms with E-state index in [1.165, 1.54) is 29.8 Å². The Morgan fingerprint density at radius 3 is 2.69 bits per heavy atom. The van der Waals surface area contributed by atoms with Gasteiger partial charge in [-0.3, -0.25) is 4.90 Å². The number of imidazole rings is 1. The number of fused-ring (bicyclic) bond motifs is 1. The summed E-state index contributed by atoms with van der Waals surface area (Å²) in [4.78, 5) is 7.25. The maximum Gasteiger partial charge on any atom is 0.118 e. The van der Waals surface area contributed by atoms with Crippen molar-refractivity contribution in [2.45, 2.75) is 45.3 Å². The lowest BCUT2D eigenvalue weighted by Crippen LogP contribution is -2.36. The maximum absolute atomic E-state index is 5.82. The Morgan fingerprint density at radius 2 is 2.00 bits per heavy atom. The summed E-state index contributed by atoms with van der Waals surface area (Å²) < 4.78 is 13.5. The molecule has 1 fully saturated rings. The topological polar surface area (TPSA) is 39.5 Å². The van der Waals surface area contributed by atoms with Gasteiger partial charge in [-0.2, -0.15) is 0 Å². The highest BCUT2D eigenvalue weighted by Gasteiger charge is 2.31. The molecular formula is C21H29N3O2. The molecule has 26 heavy (non-hydrogen) atoms. The molecule has 1 aliphatic heterocycles. The number of ether oxygens (including phenoxy) is 2. The van der Waals surface area contributed by atoms with Gasteiger partial charge in [0, 0.05) is 44.4 Å². The highest BCUT2D eigenvalue weighted by Crippen LogP contribution is 2.34. The summed E-state index contributed by atoms with van der Waals surface area (Å²) in [5.41, 5.74) is 3.95. The first-order valence-electron chi connectivity index (χ1n) is 9.73. The van der Waals surface area contributed by atoms with E-state index >= 15 is 0 Å². The Balaban J connectivity index is 1.50. The van der Waals surface area contributed by atoms with E-state index in [1.807, 2.05) is 12.1 Å². The van der Waals surface area contributed by atoms with E-state index in [4.69, 9.17) is 14.5 Å². The van der Waals surface area contributed by atoms with Crippen LogP contribution >= 0.6 is 0 Å². The monoisotopic (exact) mass is 355 g/mol. The summed E-state index contributed by atoms with van der Waals surface area (Å²) in [5, 5.41) is 0. The van der Waals surface area contributed by atoms with Gasteiger partial charge in [-0.15, -0.1) is 0 Å². The molecule has 2 aliphatic rings. The fourth-order valence-electron chi connectivity index (χ4n) is 3.93. The molecule has 2 heterocycles. The molecule has 140 valence electrons. The van der Waals surface area contributed by atoms with E-state index in [9.17, 15) is 0 Å². The first kappa shape index (κ1) is 17.6. The van der Waals surface area contributed by atoms with Gasteiger partial charge in [0.05, 0.1) is 25.7 Å². The number of aromatic nitrogens is 2. The van der Waals surface area contributed by atoms with E-state index in [0.717, 1.165) is 51.1 Å². The lowest BCUT2D eigenvalue weighted by Gasteiger charge is -2.33. The van der Waals surface area contributed by atoms with E-state index in [2.05, 4.69) is 34.9 Å². The molecule has 0 saturated heterocycles. The first-order chi connectivity index (χ1) is 12.8. The van der Waals surface area contributed by atoms with Crippen LogP contribution in [0, 0.1) is 5.92 Å². The minimum absolute atomic E-state index is 0.401. The van der Waals surface area contributed by atoms with Gasteiger partial charge < -0.3 is 14.0 Å². The van der Waals surface area contributed by atoms with Gasteiger partial charge in [-0.05, 0) is 43.4 Å². The molecule has 2 aromatic rings. The summed E-state index contributed by atoms with van der Waals surface area (Å²) in [7, 11) is 1.71. The van der Waals surface area contributed by atoms with Crippen LogP contribution in [0.1, 0.15) is 42.6 Å². The second-order valence-electron chi connectivity index (χ2n) is 7.55. The van der Waals surface area contributed by atoms with Crippen molar-refractivity contribution in [1.82, 2.24) is 14.5 Å². The lowest BCUT2D eigenvalue weighted by atomic mass is 9.98. The molecule has 0 bridgehead atoms. The van der Waals surface area contributed by atoms with Crippen molar-refractivity contribution in [2.75, 3.05) is 26.9 Å². The minimum Gasteiger partial charge on any atom is -0.497 e. The van der Waals surface area contributed by atoms with Gasteiger partial charge in [0.2, 0.25) is 0 Å². The molecule has 5 nitrogen and oxygen atoms in total. The Kier molecular flexibility index (Phi) is 5.27. The fourth-order valence-corrected chi connectivity index (χ4v) is 3.93. The predicted octanol–water partition coefficient (Wildman–Crippen LogP) is 3.44. The highest BCUT2D eigenvalue weighted by molar-refractivity contribution is 5.28. The molecular weight excluding hydrogens is 326 g/mol. The molecule has 1 saturated carbocycles. The molecule has 0 unspecified atom stereocenters. The van der Waals surface area contributed by atoms with Gasteiger partial charge in [-0.1, -0.05) is 12.1 Å². The number of methoxy groups -OCH3 is 1. The predicted molar refractivity (Wildman–Crippen MR) is 101 cm³/mol. The number of nitrogens with zero attached hydrogens (tertiary/aromatic N) is 3. The lowest BCUT2D eigenvalue weighted by molar-refractivity contribution is 0.102. The molecule has 1 aliphatic carbocycles. The van der Waals surface area contributed by atoms with Gasteiger partial charge in [-0.25, -0.2) is 4.98 Å². The van der Waals surface area contributed by atoms with Crippen molar-refractivity contribution in [3.8, 4) is 5.75 Å². The van der Waals surface area contributed by atoms with Crippen LogP contribution < -0.4 is 4.74 Å². The quantitative estimate of drug-likeness (QED) is 0.727. The van der Waals surface area contributed by atoms with Crippen LogP contribution in [0.5, 0.6) is 5.75 Å². The smallest absolute Gasteiger partial charge is 0.118 e. The number of hydrogen-bond donors (Lipinski definition) is 0. The largest absolute Gasteiger partial charge is 0.497 e. The van der Waals surface area contributed by atoms with Crippen LogP contribution in [0.15, 0.2) is 30.6 Å². The molecule has 0 N–H and O–H groups in total. The Labute approximate surface area is 155 Å². The number of hydrogen-bond acceptors (Lipinski definition) is 4. The summed E-state index contributed by atoms with van der Waals surface area (Å²) in [6, 6.07) is 8.37. The van der Waals surface area contributed by atoms with Crippen LogP contribution in [-0.4, -0.2) is 41.3 Å². The Hall–Kier alpha value is -1.85. The molecule has 0 radical (unpaired) electrons. The number of rotatable bonds is 8. The Bertz CT molecular complexity index is 721. The normalized spacial score (nSPS) is 20.2. The molecule has 1 atom stereocenters. The average molecular weight is 355 g/mol. The third-order valence-corrected chi connectivity index (χ3v) is 5.44. The van der Waals surface area contributed by atoms with Gasteiger partial charge >= 0.3 is 0 Å². The maximum atomic E-state index is 5.82. The molecule has 4 rings (SSSR count). The third-order valence-electron chi connectivity index (χ3n) is 5.44. The minimum atomic E-state index is 0.401. The van der Waals surface area contributed by atoms with Crippen molar-refractivity contribution in [2.24, 2.45) is 5.92 Å². The van der Waals surface area contributed by atoms with Crippen molar-refractivity contribution in [1.29, 1.82) is 0 Å². The zero-order chi connectivity index (χ0) is 17.9. The second-order valence-corrected chi connectivity index (χ2v) is 7.55. The molecule has 1 aromatic carbocycles. The molecule has 0 spiro atoms. The van der Waals surface area contributed by atoms with E-state index in [0.29, 0.717) is 5.92 Å². The van der Waals surface area contributed by atoms with Crippen LogP contribution in [0.2, 0.25) is 0 Å². The van der Waals surface area contributed by atoms with Crippen LogP contribution in [0.4, 0.5) is 0 Å². The summed E-state index contributed by atoms with van der Waals surface area (Å²) in [5.74, 6) is 2.17. The molecule has 5 heteroatoms. The summed E-state index contributed by atoms with van der Waals surface area (Å²) in [6.45, 7) is 7.61. The van der Waals surface area contributed by atoms with Crippen LogP contribution in [0.25, 0.3) is 0 Å². The van der Waals surface area contributed by atoms with E-state index in [-0.39, 0.29) is 0 Å². The zero-order valence-corrected chi connectivity index (χ0v) is 15.9. The zero-order valence-electron chi connectivity index (χ0n) is 15.9. The van der Waals surface area contributed by atoms with E-state index in [1.54, 1.807) is 7.11 Å². The molecule has 1 aromatic heterocycles. The summed E-state index contributed by atoms with van der Waals surface area (Å²) in [6.07, 6.45) is 4.79. The number of benzene rings is 1. The van der Waals surface area contributed by atoms with E-state index < -0.39 is 0 Å². The SMILES string of the molecule is CCOC[C@@H]1CN(Cc2ccc(OC)cc2)Cc2ncn(CC3CC3)c21. The van der Waals surface area contributed by atoms with Crippen molar-refractivity contribution >= 4 is 0 Å². The Morgan fingerprint density at radius 1 is 1.19 bits per heavy atom. The standard InChI is InChI=1S/C21H29N3O2/c1-3-26-14-18-12-23(10-16-6-8-19(25-2)9-7-16)13-20-21(18)24(15-22-20)11-17-4-5-17/h6-9,15,17-18H,3-5,10-14H2,1-2H3/t18-/m0/s1. The van der Waals surface area contributed by atoms with Crippen LogP contribution in [0.3, 0.4) is 0 Å². The first-order valence-corrected chi connectivity index (χ1v) is 9.73. The van der Waals surface area contributed by atoms with Crippen molar-refractivity contribution in [3.63, 3.8) is 0 Å². The highest BCUT2D eigenvalue weighted by atomic mass is 16.5. The van der Waals surface area contributed by atoms with Crippen molar-refractivity contribution < 1.29 is 9.47 Å². The second kappa shape index (κ2) is 7.80. The molecule has 0 amide bonds. The van der Waals surface area contributed by atoms with Crippen LogP contribution in [-0.2, 0) is 24.4 Å².